The van der Waals surface area contributed by atoms with E-state index in [0.717, 1.165) is 6.42 Å². The van der Waals surface area contributed by atoms with Gasteiger partial charge in [-0.25, -0.2) is 0 Å². The molecule has 1 fully saturated rings. The van der Waals surface area contributed by atoms with E-state index in [0.29, 0.717) is 23.9 Å². The van der Waals surface area contributed by atoms with Crippen LogP contribution in [-0.2, 0) is 9.59 Å². The Kier molecular flexibility index (Phi) is 4.33. The van der Waals surface area contributed by atoms with Crippen molar-refractivity contribution in [1.29, 1.82) is 0 Å². The molecule has 2 aliphatic heterocycles. The number of carboxylic acid groups (broad SMARTS) is 1. The van der Waals surface area contributed by atoms with E-state index >= 15 is 0 Å². The summed E-state index contributed by atoms with van der Waals surface area (Å²) in [6.45, 7) is 1.33. The molecule has 1 atom stereocenters. The van der Waals surface area contributed by atoms with Crippen molar-refractivity contribution < 1.29 is 19.5 Å². The van der Waals surface area contributed by atoms with Crippen LogP contribution in [0.1, 0.15) is 23.2 Å². The monoisotopic (exact) mass is 332 g/mol. The summed E-state index contributed by atoms with van der Waals surface area (Å²) in [5.74, 6) is -1.65. The highest BCUT2D eigenvalue weighted by atomic mass is 32.2. The van der Waals surface area contributed by atoms with E-state index in [1.54, 1.807) is 4.90 Å². The molecule has 8 heteroatoms. The van der Waals surface area contributed by atoms with E-state index in [2.05, 4.69) is 10.3 Å². The summed E-state index contributed by atoms with van der Waals surface area (Å²) in [6, 6.07) is 5.69. The molecule has 2 heterocycles. The first kappa shape index (κ1) is 15.5. The highest BCUT2D eigenvalue weighted by molar-refractivity contribution is 8.15. The van der Waals surface area contributed by atoms with Gasteiger partial charge < -0.3 is 15.2 Å². The summed E-state index contributed by atoms with van der Waals surface area (Å²) in [4.78, 5) is 41.0. The molecule has 7 nitrogen and oxygen atoms in total. The predicted octanol–water partition coefficient (Wildman–Crippen LogP) is 0.0824. The number of carbonyl (C=O) groups excluding carboxylic acids is 3. The number of nitrogens with one attached hydrogen (secondary N) is 1. The first-order valence-electron chi connectivity index (χ1n) is 7.18. The average Bonchev–Trinajstić information content (AvgIpc) is 2.55. The van der Waals surface area contributed by atoms with Crippen LogP contribution in [0.2, 0.25) is 0 Å². The molecule has 1 saturated heterocycles. The normalized spacial score (nSPS) is 20.5. The molecule has 3 rings (SSSR count). The quantitative estimate of drug-likeness (QED) is 0.845. The van der Waals surface area contributed by atoms with Crippen molar-refractivity contribution in [1.82, 2.24) is 4.90 Å². The molecule has 120 valence electrons. The second kappa shape index (κ2) is 6.41. The Morgan fingerprint density at radius 3 is 2.74 bits per heavy atom. The fourth-order valence-electron chi connectivity index (χ4n) is 2.41. The van der Waals surface area contributed by atoms with E-state index in [-0.39, 0.29) is 23.8 Å². The fourth-order valence-corrected chi connectivity index (χ4v) is 3.55. The first-order valence-corrected chi connectivity index (χ1v) is 8.06. The second-order valence-electron chi connectivity index (χ2n) is 5.23. The standard InChI is InChI=1S/C15H15N3O4S/c19-12-8-11(23-15-16-6-1-7-18(12)15)13(20)17-10-4-2-9(3-5-10)14(21)22/h2-5,11H,1,6-8H2,(H,17,20)(H,21,22)/p-1/t11-/m0/s1. The number of hydrogen-bond donors (Lipinski definition) is 1. The Bertz CT molecular complexity index is 686. The van der Waals surface area contributed by atoms with Crippen LogP contribution in [0.25, 0.3) is 0 Å². The number of nitrogens with zero attached hydrogens (tertiary/aromatic N) is 2. The number of hydrogen-bond acceptors (Lipinski definition) is 6. The molecule has 0 saturated carbocycles. The van der Waals surface area contributed by atoms with Crippen molar-refractivity contribution in [2.45, 2.75) is 18.1 Å². The van der Waals surface area contributed by atoms with E-state index in [4.69, 9.17) is 0 Å². The van der Waals surface area contributed by atoms with Gasteiger partial charge in [-0.2, -0.15) is 0 Å². The van der Waals surface area contributed by atoms with Crippen molar-refractivity contribution in [3.8, 4) is 0 Å². The minimum atomic E-state index is -1.27. The van der Waals surface area contributed by atoms with E-state index < -0.39 is 11.2 Å². The summed E-state index contributed by atoms with van der Waals surface area (Å²) in [6.07, 6.45) is 0.976. The van der Waals surface area contributed by atoms with E-state index in [9.17, 15) is 19.5 Å². The molecular formula is C15H14N3O4S-. The minimum absolute atomic E-state index is 0.0393. The number of anilines is 1. The number of benzene rings is 1. The maximum absolute atomic E-state index is 12.3. The van der Waals surface area contributed by atoms with Crippen LogP contribution in [0, 0.1) is 0 Å². The largest absolute Gasteiger partial charge is 0.545 e. The Morgan fingerprint density at radius 1 is 1.30 bits per heavy atom. The zero-order chi connectivity index (χ0) is 16.4. The SMILES string of the molecule is O=C([O-])c1ccc(NC(=O)[C@@H]2CC(=O)N3CCCN=C3S2)cc1. The van der Waals surface area contributed by atoms with Gasteiger partial charge in [-0.05, 0) is 24.1 Å². The third-order valence-corrected chi connectivity index (χ3v) is 4.83. The van der Waals surface area contributed by atoms with Gasteiger partial charge in [0.05, 0.1) is 5.97 Å². The number of amides is 2. The lowest BCUT2D eigenvalue weighted by molar-refractivity contribution is -0.255. The second-order valence-corrected chi connectivity index (χ2v) is 6.40. The lowest BCUT2D eigenvalue weighted by atomic mass is 10.2. The molecule has 0 unspecified atom stereocenters. The lowest BCUT2D eigenvalue weighted by Crippen LogP contribution is -2.47. The van der Waals surface area contributed by atoms with Crippen molar-refractivity contribution in [2.75, 3.05) is 18.4 Å². The van der Waals surface area contributed by atoms with Gasteiger partial charge in [0.1, 0.15) is 5.25 Å². The number of carbonyl (C=O) groups is 3. The van der Waals surface area contributed by atoms with Gasteiger partial charge in [-0.1, -0.05) is 23.9 Å². The molecule has 0 spiro atoms. The molecule has 0 aromatic heterocycles. The maximum Gasteiger partial charge on any atom is 0.238 e. The summed E-state index contributed by atoms with van der Waals surface area (Å²) in [7, 11) is 0. The predicted molar refractivity (Wildman–Crippen MR) is 84.0 cm³/mol. The molecule has 1 N–H and O–H groups in total. The molecule has 1 aromatic rings. The molecular weight excluding hydrogens is 318 g/mol. The molecule has 0 bridgehead atoms. The Hall–Kier alpha value is -2.35. The highest BCUT2D eigenvalue weighted by Gasteiger charge is 2.36. The summed E-state index contributed by atoms with van der Waals surface area (Å²) in [5, 5.41) is 13.5. The van der Waals surface area contributed by atoms with Gasteiger partial charge >= 0.3 is 0 Å². The molecule has 23 heavy (non-hydrogen) atoms. The van der Waals surface area contributed by atoms with E-state index in [1.165, 1.54) is 36.0 Å². The van der Waals surface area contributed by atoms with Crippen LogP contribution in [-0.4, -0.2) is 46.2 Å². The van der Waals surface area contributed by atoms with Crippen LogP contribution in [0.15, 0.2) is 29.3 Å². The number of aliphatic imine (C=N–C) groups is 1. The topological polar surface area (TPSA) is 102 Å². The molecule has 2 aliphatic rings. The van der Waals surface area contributed by atoms with Gasteiger partial charge in [0.2, 0.25) is 11.8 Å². The summed E-state index contributed by atoms with van der Waals surface area (Å²) in [5.41, 5.74) is 0.512. The zero-order valence-electron chi connectivity index (χ0n) is 12.2. The van der Waals surface area contributed by atoms with Crippen LogP contribution in [0.5, 0.6) is 0 Å². The van der Waals surface area contributed by atoms with Gasteiger partial charge in [-0.15, -0.1) is 0 Å². The molecule has 0 aliphatic carbocycles. The number of fused-ring (bicyclic) bond motifs is 1. The van der Waals surface area contributed by atoms with Gasteiger partial charge in [0.25, 0.3) is 0 Å². The average molecular weight is 332 g/mol. The Balaban J connectivity index is 1.67. The highest BCUT2D eigenvalue weighted by Crippen LogP contribution is 2.29. The first-order chi connectivity index (χ1) is 11.0. The number of aromatic carboxylic acids is 1. The summed E-state index contributed by atoms with van der Waals surface area (Å²) < 4.78 is 0. The van der Waals surface area contributed by atoms with Crippen LogP contribution < -0.4 is 10.4 Å². The molecule has 1 aromatic carbocycles. The number of thioether (sulfide) groups is 1. The Morgan fingerprint density at radius 2 is 2.04 bits per heavy atom. The number of carboxylic acids is 1. The summed E-state index contributed by atoms with van der Waals surface area (Å²) >= 11 is 1.29. The van der Waals surface area contributed by atoms with Gasteiger partial charge in [-0.3, -0.25) is 19.5 Å². The third-order valence-electron chi connectivity index (χ3n) is 3.61. The fraction of sp³-hybridized carbons (Fsp3) is 0.333. The lowest BCUT2D eigenvalue weighted by Gasteiger charge is -2.33. The smallest absolute Gasteiger partial charge is 0.238 e. The third kappa shape index (κ3) is 3.37. The molecule has 2 amide bonds. The number of rotatable bonds is 3. The Labute approximate surface area is 136 Å². The van der Waals surface area contributed by atoms with Crippen molar-refractivity contribution >= 4 is 40.4 Å². The van der Waals surface area contributed by atoms with Crippen molar-refractivity contribution in [2.24, 2.45) is 4.99 Å². The number of amidine groups is 1. The van der Waals surface area contributed by atoms with Crippen LogP contribution in [0.3, 0.4) is 0 Å². The maximum atomic E-state index is 12.3. The molecule has 0 radical (unpaired) electrons. The van der Waals surface area contributed by atoms with E-state index in [1.807, 2.05) is 0 Å². The van der Waals surface area contributed by atoms with Gasteiger partial charge in [0.15, 0.2) is 5.17 Å². The van der Waals surface area contributed by atoms with Crippen molar-refractivity contribution in [3.05, 3.63) is 29.8 Å². The van der Waals surface area contributed by atoms with Crippen LogP contribution in [0.4, 0.5) is 5.69 Å². The van der Waals surface area contributed by atoms with Crippen LogP contribution >= 0.6 is 11.8 Å². The van der Waals surface area contributed by atoms with Crippen molar-refractivity contribution in [3.63, 3.8) is 0 Å². The zero-order valence-corrected chi connectivity index (χ0v) is 13.0. The van der Waals surface area contributed by atoms with Gasteiger partial charge in [0, 0.05) is 25.2 Å². The minimum Gasteiger partial charge on any atom is -0.545 e.